The highest BCUT2D eigenvalue weighted by Gasteiger charge is 2.35. The highest BCUT2D eigenvalue weighted by molar-refractivity contribution is 7.88. The van der Waals surface area contributed by atoms with E-state index in [4.69, 9.17) is 0 Å². The maximum atomic E-state index is 13.0. The van der Waals surface area contributed by atoms with Gasteiger partial charge in [0.15, 0.2) is 0 Å². The van der Waals surface area contributed by atoms with E-state index >= 15 is 0 Å². The predicted molar refractivity (Wildman–Crippen MR) is 104 cm³/mol. The quantitative estimate of drug-likeness (QED) is 0.505. The van der Waals surface area contributed by atoms with Gasteiger partial charge >= 0.3 is 0 Å². The number of para-hydroxylation sites is 1. The summed E-state index contributed by atoms with van der Waals surface area (Å²) in [4.78, 5) is 27.7. The first kappa shape index (κ1) is 20.7. The third-order valence-corrected chi connectivity index (χ3v) is 6.70. The SMILES string of the molecule is CS(=O)(=O)N1CCN(C(=O)Cc2ccccc2[N+](=O)[O-])[C@H](CN2CCCC2)C1. The molecule has 2 aliphatic rings. The lowest BCUT2D eigenvalue weighted by atomic mass is 10.1. The molecule has 1 amide bonds. The molecule has 0 bridgehead atoms. The molecule has 10 heteroatoms. The molecule has 0 unspecified atom stereocenters. The minimum absolute atomic E-state index is 0.0630. The maximum absolute atomic E-state index is 13.0. The Morgan fingerprint density at radius 2 is 1.86 bits per heavy atom. The topological polar surface area (TPSA) is 104 Å². The van der Waals surface area contributed by atoms with E-state index in [2.05, 4.69) is 4.90 Å². The fourth-order valence-corrected chi connectivity index (χ4v) is 4.83. The zero-order valence-electron chi connectivity index (χ0n) is 16.0. The molecular formula is C18H26N4O5S. The summed E-state index contributed by atoms with van der Waals surface area (Å²) in [6.45, 7) is 3.32. The van der Waals surface area contributed by atoms with Gasteiger partial charge in [-0.15, -0.1) is 0 Å². The van der Waals surface area contributed by atoms with Gasteiger partial charge in [0.2, 0.25) is 15.9 Å². The average molecular weight is 410 g/mol. The van der Waals surface area contributed by atoms with E-state index in [1.807, 2.05) is 0 Å². The molecule has 28 heavy (non-hydrogen) atoms. The van der Waals surface area contributed by atoms with Gasteiger partial charge in [-0.1, -0.05) is 18.2 Å². The van der Waals surface area contributed by atoms with Crippen LogP contribution in [0, 0.1) is 10.1 Å². The van der Waals surface area contributed by atoms with Gasteiger partial charge < -0.3 is 9.80 Å². The molecule has 0 aromatic heterocycles. The van der Waals surface area contributed by atoms with Crippen molar-refractivity contribution in [2.24, 2.45) is 0 Å². The van der Waals surface area contributed by atoms with Crippen molar-refractivity contribution in [3.8, 4) is 0 Å². The van der Waals surface area contributed by atoms with Gasteiger partial charge in [-0.25, -0.2) is 8.42 Å². The zero-order valence-corrected chi connectivity index (χ0v) is 16.8. The summed E-state index contributed by atoms with van der Waals surface area (Å²) in [5.74, 6) is -0.202. The number of nitro groups is 1. The van der Waals surface area contributed by atoms with Gasteiger partial charge in [-0.3, -0.25) is 14.9 Å². The van der Waals surface area contributed by atoms with Crippen molar-refractivity contribution in [1.82, 2.24) is 14.1 Å². The Morgan fingerprint density at radius 3 is 2.50 bits per heavy atom. The first-order valence-electron chi connectivity index (χ1n) is 9.45. The van der Waals surface area contributed by atoms with Crippen molar-refractivity contribution in [3.05, 3.63) is 39.9 Å². The number of likely N-dealkylation sites (tertiary alicyclic amines) is 1. The van der Waals surface area contributed by atoms with Crippen LogP contribution in [0.25, 0.3) is 0 Å². The van der Waals surface area contributed by atoms with Crippen molar-refractivity contribution in [2.75, 3.05) is 45.5 Å². The first-order valence-corrected chi connectivity index (χ1v) is 11.3. The number of hydrogen-bond acceptors (Lipinski definition) is 6. The van der Waals surface area contributed by atoms with Crippen LogP contribution in [0.3, 0.4) is 0 Å². The third-order valence-electron chi connectivity index (χ3n) is 5.43. The molecule has 2 aliphatic heterocycles. The molecule has 1 aromatic rings. The van der Waals surface area contributed by atoms with Crippen molar-refractivity contribution < 1.29 is 18.1 Å². The number of nitro benzene ring substituents is 1. The molecule has 0 radical (unpaired) electrons. The predicted octanol–water partition coefficient (Wildman–Crippen LogP) is 0.706. The van der Waals surface area contributed by atoms with Crippen molar-refractivity contribution in [3.63, 3.8) is 0 Å². The molecule has 1 atom stereocenters. The van der Waals surface area contributed by atoms with Gasteiger partial charge in [-0.05, 0) is 25.9 Å². The van der Waals surface area contributed by atoms with Gasteiger partial charge in [0.1, 0.15) is 0 Å². The number of carbonyl (C=O) groups is 1. The minimum Gasteiger partial charge on any atom is -0.335 e. The largest absolute Gasteiger partial charge is 0.335 e. The Bertz CT molecular complexity index is 838. The lowest BCUT2D eigenvalue weighted by molar-refractivity contribution is -0.385. The normalized spacial score (nSPS) is 21.8. The van der Waals surface area contributed by atoms with E-state index in [0.29, 0.717) is 18.7 Å². The van der Waals surface area contributed by atoms with Gasteiger partial charge in [-0.2, -0.15) is 4.31 Å². The van der Waals surface area contributed by atoms with Crippen LogP contribution in [0.15, 0.2) is 24.3 Å². The molecule has 2 fully saturated rings. The second kappa shape index (κ2) is 8.54. The van der Waals surface area contributed by atoms with Crippen LogP contribution in [0.2, 0.25) is 0 Å². The molecule has 9 nitrogen and oxygen atoms in total. The fraction of sp³-hybridized carbons (Fsp3) is 0.611. The molecular weight excluding hydrogens is 384 g/mol. The Kier molecular flexibility index (Phi) is 6.31. The fourth-order valence-electron chi connectivity index (χ4n) is 3.98. The van der Waals surface area contributed by atoms with Crippen molar-refractivity contribution >= 4 is 21.6 Å². The van der Waals surface area contributed by atoms with E-state index in [1.54, 1.807) is 23.1 Å². The Morgan fingerprint density at radius 1 is 1.18 bits per heavy atom. The lowest BCUT2D eigenvalue weighted by Crippen LogP contribution is -2.59. The summed E-state index contributed by atoms with van der Waals surface area (Å²) in [5, 5.41) is 11.2. The number of rotatable bonds is 6. The van der Waals surface area contributed by atoms with Crippen LogP contribution in [-0.2, 0) is 21.2 Å². The summed E-state index contributed by atoms with van der Waals surface area (Å²) in [6.07, 6.45) is 3.33. The van der Waals surface area contributed by atoms with Gasteiger partial charge in [0.25, 0.3) is 5.69 Å². The zero-order chi connectivity index (χ0) is 20.3. The molecule has 1 aromatic carbocycles. The minimum atomic E-state index is -3.33. The van der Waals surface area contributed by atoms with E-state index in [0.717, 1.165) is 25.9 Å². The van der Waals surface area contributed by atoms with E-state index < -0.39 is 14.9 Å². The lowest BCUT2D eigenvalue weighted by Gasteiger charge is -2.42. The van der Waals surface area contributed by atoms with Crippen LogP contribution in [0.5, 0.6) is 0 Å². The number of nitrogens with zero attached hydrogens (tertiary/aromatic N) is 4. The summed E-state index contributed by atoms with van der Waals surface area (Å²) in [6, 6.07) is 5.99. The van der Waals surface area contributed by atoms with Crippen molar-refractivity contribution in [2.45, 2.75) is 25.3 Å². The van der Waals surface area contributed by atoms with Crippen LogP contribution in [0.4, 0.5) is 5.69 Å². The molecule has 2 heterocycles. The highest BCUT2D eigenvalue weighted by Crippen LogP contribution is 2.22. The molecule has 2 saturated heterocycles. The maximum Gasteiger partial charge on any atom is 0.273 e. The molecule has 0 N–H and O–H groups in total. The van der Waals surface area contributed by atoms with Crippen LogP contribution >= 0.6 is 0 Å². The number of carbonyl (C=O) groups excluding carboxylic acids is 1. The number of sulfonamides is 1. The number of hydrogen-bond donors (Lipinski definition) is 0. The summed E-state index contributed by atoms with van der Waals surface area (Å²) >= 11 is 0. The van der Waals surface area contributed by atoms with E-state index in [1.165, 1.54) is 16.6 Å². The Labute approximate surface area is 165 Å². The smallest absolute Gasteiger partial charge is 0.273 e. The van der Waals surface area contributed by atoms with Crippen LogP contribution < -0.4 is 0 Å². The molecule has 0 aliphatic carbocycles. The second-order valence-electron chi connectivity index (χ2n) is 7.43. The summed E-state index contributed by atoms with van der Waals surface area (Å²) in [7, 11) is -3.33. The van der Waals surface area contributed by atoms with E-state index in [9.17, 15) is 23.3 Å². The monoisotopic (exact) mass is 410 g/mol. The molecule has 0 saturated carbocycles. The third kappa shape index (κ3) is 4.86. The highest BCUT2D eigenvalue weighted by atomic mass is 32.2. The van der Waals surface area contributed by atoms with E-state index in [-0.39, 0.29) is 37.1 Å². The number of amides is 1. The molecule has 3 rings (SSSR count). The second-order valence-corrected chi connectivity index (χ2v) is 9.41. The summed E-state index contributed by atoms with van der Waals surface area (Å²) < 4.78 is 25.4. The molecule has 154 valence electrons. The first-order chi connectivity index (χ1) is 13.3. The van der Waals surface area contributed by atoms with Crippen LogP contribution in [-0.4, -0.2) is 84.9 Å². The number of benzene rings is 1. The standard InChI is InChI=1S/C18H26N4O5S/c1-28(26,27)20-10-11-21(16(14-20)13-19-8-4-5-9-19)18(23)12-15-6-2-3-7-17(15)22(24)25/h2-3,6-7,16H,4-5,8-14H2,1H3/t16-/m1/s1. The number of piperazine rings is 1. The average Bonchev–Trinajstić information content (AvgIpc) is 3.14. The van der Waals surface area contributed by atoms with Gasteiger partial charge in [0, 0.05) is 37.8 Å². The van der Waals surface area contributed by atoms with Gasteiger partial charge in [0.05, 0.1) is 23.6 Å². The Balaban J connectivity index is 1.77. The van der Waals surface area contributed by atoms with Crippen molar-refractivity contribution in [1.29, 1.82) is 0 Å². The summed E-state index contributed by atoms with van der Waals surface area (Å²) in [5.41, 5.74) is 0.310. The van der Waals surface area contributed by atoms with Crippen LogP contribution in [0.1, 0.15) is 18.4 Å². The Hall–Kier alpha value is -2.04. The molecule has 0 spiro atoms.